The molecule has 1 aromatic carbocycles. The minimum atomic E-state index is -0.510. The Morgan fingerprint density at radius 1 is 1.35 bits per heavy atom. The Bertz CT molecular complexity index is 600. The molecule has 20 heavy (non-hydrogen) atoms. The number of nitrogens with zero attached hydrogens (tertiary/aromatic N) is 2. The first-order chi connectivity index (χ1) is 9.67. The van der Waals surface area contributed by atoms with Gasteiger partial charge in [0.15, 0.2) is 0 Å². The van der Waals surface area contributed by atoms with E-state index in [9.17, 15) is 4.79 Å². The van der Waals surface area contributed by atoms with E-state index in [1.54, 1.807) is 6.07 Å². The number of nitrogens with one attached hydrogen (secondary N) is 1. The number of rotatable bonds is 3. The second kappa shape index (κ2) is 6.16. The van der Waals surface area contributed by atoms with Crippen molar-refractivity contribution < 1.29 is 9.53 Å². The van der Waals surface area contributed by atoms with Gasteiger partial charge in [-0.25, -0.2) is 0 Å². The van der Waals surface area contributed by atoms with E-state index in [0.717, 1.165) is 6.42 Å². The van der Waals surface area contributed by atoms with Gasteiger partial charge < -0.3 is 15.8 Å². The van der Waals surface area contributed by atoms with Crippen LogP contribution in [0.4, 0.5) is 5.69 Å². The van der Waals surface area contributed by atoms with Crippen molar-refractivity contribution in [2.24, 2.45) is 5.73 Å². The Morgan fingerprint density at radius 2 is 2.10 bits per heavy atom. The molecule has 0 aliphatic carbocycles. The average molecular weight is 270 g/mol. The van der Waals surface area contributed by atoms with E-state index in [4.69, 9.17) is 21.0 Å². The van der Waals surface area contributed by atoms with Gasteiger partial charge in [0.1, 0.15) is 18.2 Å². The lowest BCUT2D eigenvalue weighted by Crippen LogP contribution is -2.29. The maximum Gasteiger partial charge on any atom is 0.253 e. The molecule has 0 aromatic heterocycles. The largest absolute Gasteiger partial charge is 0.364 e. The number of nitriles is 2. The van der Waals surface area contributed by atoms with Crippen LogP contribution in [-0.4, -0.2) is 24.7 Å². The highest BCUT2D eigenvalue weighted by atomic mass is 16.5. The van der Waals surface area contributed by atoms with Crippen molar-refractivity contribution in [3.63, 3.8) is 0 Å². The van der Waals surface area contributed by atoms with Crippen molar-refractivity contribution in [3.8, 4) is 12.1 Å². The fourth-order valence-electron chi connectivity index (χ4n) is 2.11. The zero-order chi connectivity index (χ0) is 14.5. The number of ether oxygens (including phenoxy) is 1. The van der Waals surface area contributed by atoms with Crippen LogP contribution in [0.25, 0.3) is 0 Å². The van der Waals surface area contributed by atoms with E-state index < -0.39 is 6.10 Å². The fourth-order valence-corrected chi connectivity index (χ4v) is 2.11. The molecule has 1 fully saturated rings. The lowest BCUT2D eigenvalue weighted by atomic mass is 10.1. The Hall–Kier alpha value is -2.41. The van der Waals surface area contributed by atoms with Crippen LogP contribution in [0, 0.1) is 22.7 Å². The number of nitrogens with two attached hydrogens (primary N) is 1. The molecule has 1 aliphatic heterocycles. The van der Waals surface area contributed by atoms with E-state index in [1.165, 1.54) is 12.1 Å². The molecule has 0 spiro atoms. The minimum absolute atomic E-state index is 0.0682. The quantitative estimate of drug-likeness (QED) is 0.846. The molecule has 3 N–H and O–H groups in total. The van der Waals surface area contributed by atoms with Gasteiger partial charge in [-0.05, 0) is 31.0 Å². The summed E-state index contributed by atoms with van der Waals surface area (Å²) in [6.45, 7) is 0.402. The summed E-state index contributed by atoms with van der Waals surface area (Å²) >= 11 is 0. The van der Waals surface area contributed by atoms with Crippen LogP contribution in [-0.2, 0) is 9.53 Å². The van der Waals surface area contributed by atoms with Crippen LogP contribution in [0.1, 0.15) is 24.0 Å². The second-order valence-electron chi connectivity index (χ2n) is 4.53. The van der Waals surface area contributed by atoms with Crippen LogP contribution in [0.5, 0.6) is 0 Å². The molecule has 0 bridgehead atoms. The highest BCUT2D eigenvalue weighted by Gasteiger charge is 2.29. The van der Waals surface area contributed by atoms with E-state index in [2.05, 4.69) is 5.32 Å². The normalized spacial score (nSPS) is 20.9. The Kier molecular flexibility index (Phi) is 4.31. The number of amides is 1. The van der Waals surface area contributed by atoms with Crippen molar-refractivity contribution in [2.45, 2.75) is 25.0 Å². The molecular formula is C14H14N4O2. The zero-order valence-electron chi connectivity index (χ0n) is 10.8. The second-order valence-corrected chi connectivity index (χ2v) is 4.53. The van der Waals surface area contributed by atoms with Crippen molar-refractivity contribution in [1.29, 1.82) is 10.5 Å². The number of anilines is 1. The Morgan fingerprint density at radius 3 is 2.70 bits per heavy atom. The van der Waals surface area contributed by atoms with Crippen LogP contribution in [0.2, 0.25) is 0 Å². The third kappa shape index (κ3) is 2.94. The molecular weight excluding hydrogens is 256 g/mol. The number of carbonyl (C=O) groups excluding carboxylic acids is 1. The maximum absolute atomic E-state index is 12.0. The molecule has 1 aromatic rings. The highest BCUT2D eigenvalue weighted by molar-refractivity contribution is 5.94. The standard InChI is InChI=1S/C14H14N4O2/c15-6-9-1-2-11(5-10(9)7-16)18-14(19)13-4-3-12(8-17)20-13/h1-2,5,12-13H,3-4,8,17H2,(H,18,19). The summed E-state index contributed by atoms with van der Waals surface area (Å²) in [6.07, 6.45) is 0.826. The highest BCUT2D eigenvalue weighted by Crippen LogP contribution is 2.21. The summed E-state index contributed by atoms with van der Waals surface area (Å²) in [6, 6.07) is 8.42. The molecule has 0 radical (unpaired) electrons. The van der Waals surface area contributed by atoms with Crippen molar-refractivity contribution in [3.05, 3.63) is 29.3 Å². The van der Waals surface area contributed by atoms with Crippen LogP contribution < -0.4 is 11.1 Å². The van der Waals surface area contributed by atoms with Gasteiger partial charge in [-0.3, -0.25) is 4.79 Å². The first kappa shape index (κ1) is 14.0. The average Bonchev–Trinajstić information content (AvgIpc) is 2.96. The van der Waals surface area contributed by atoms with Crippen molar-refractivity contribution in [2.75, 3.05) is 11.9 Å². The third-order valence-electron chi connectivity index (χ3n) is 3.19. The van der Waals surface area contributed by atoms with Gasteiger partial charge in [-0.2, -0.15) is 10.5 Å². The molecule has 6 heteroatoms. The molecule has 2 unspecified atom stereocenters. The van der Waals surface area contributed by atoms with E-state index >= 15 is 0 Å². The summed E-state index contributed by atoms with van der Waals surface area (Å²) in [5, 5.41) is 20.5. The van der Waals surface area contributed by atoms with E-state index in [0.29, 0.717) is 18.7 Å². The Labute approximate surface area is 116 Å². The van der Waals surface area contributed by atoms with Crippen molar-refractivity contribution in [1.82, 2.24) is 0 Å². The van der Waals surface area contributed by atoms with Gasteiger partial charge in [0.05, 0.1) is 17.2 Å². The van der Waals surface area contributed by atoms with Gasteiger partial charge in [0.2, 0.25) is 0 Å². The first-order valence-electron chi connectivity index (χ1n) is 6.28. The molecule has 1 amide bonds. The molecule has 1 aliphatic rings. The lowest BCUT2D eigenvalue weighted by Gasteiger charge is -2.13. The van der Waals surface area contributed by atoms with Gasteiger partial charge in [-0.1, -0.05) is 0 Å². The van der Waals surface area contributed by atoms with Gasteiger partial charge in [0.25, 0.3) is 5.91 Å². The van der Waals surface area contributed by atoms with Gasteiger partial charge >= 0.3 is 0 Å². The molecule has 1 saturated heterocycles. The maximum atomic E-state index is 12.0. The first-order valence-corrected chi connectivity index (χ1v) is 6.28. The number of benzene rings is 1. The number of carbonyl (C=O) groups is 1. The smallest absolute Gasteiger partial charge is 0.253 e. The summed E-state index contributed by atoms with van der Waals surface area (Å²) < 4.78 is 5.49. The minimum Gasteiger partial charge on any atom is -0.364 e. The molecule has 6 nitrogen and oxygen atoms in total. The number of hydrogen-bond acceptors (Lipinski definition) is 5. The topological polar surface area (TPSA) is 112 Å². The van der Waals surface area contributed by atoms with Crippen LogP contribution in [0.3, 0.4) is 0 Å². The fraction of sp³-hybridized carbons (Fsp3) is 0.357. The Balaban J connectivity index is 2.06. The van der Waals surface area contributed by atoms with Gasteiger partial charge in [0, 0.05) is 12.2 Å². The molecule has 2 atom stereocenters. The van der Waals surface area contributed by atoms with Crippen LogP contribution in [0.15, 0.2) is 18.2 Å². The number of hydrogen-bond donors (Lipinski definition) is 2. The molecule has 2 rings (SSSR count). The molecule has 0 saturated carbocycles. The zero-order valence-corrected chi connectivity index (χ0v) is 10.8. The summed E-state index contributed by atoms with van der Waals surface area (Å²) in [4.78, 5) is 12.0. The predicted molar refractivity (Wildman–Crippen MR) is 71.5 cm³/mol. The van der Waals surface area contributed by atoms with Crippen LogP contribution >= 0.6 is 0 Å². The molecule has 1 heterocycles. The van der Waals surface area contributed by atoms with Crippen molar-refractivity contribution >= 4 is 11.6 Å². The predicted octanol–water partition coefficient (Wildman–Crippen LogP) is 0.875. The SMILES string of the molecule is N#Cc1ccc(NC(=O)C2CCC(CN)O2)cc1C#N. The van der Waals surface area contributed by atoms with E-state index in [-0.39, 0.29) is 23.1 Å². The summed E-state index contributed by atoms with van der Waals surface area (Å²) in [5.41, 5.74) is 6.49. The summed E-state index contributed by atoms with van der Waals surface area (Å²) in [7, 11) is 0. The summed E-state index contributed by atoms with van der Waals surface area (Å²) in [5.74, 6) is -0.255. The lowest BCUT2D eigenvalue weighted by molar-refractivity contribution is -0.126. The van der Waals surface area contributed by atoms with E-state index in [1.807, 2.05) is 12.1 Å². The van der Waals surface area contributed by atoms with Gasteiger partial charge in [-0.15, -0.1) is 0 Å². The third-order valence-corrected chi connectivity index (χ3v) is 3.19. The monoisotopic (exact) mass is 270 g/mol. The molecule has 102 valence electrons.